The second-order valence-electron chi connectivity index (χ2n) is 10.9. The average molecular weight is 545 g/mol. The van der Waals surface area contributed by atoms with Crippen molar-refractivity contribution in [3.63, 3.8) is 0 Å². The van der Waals surface area contributed by atoms with Crippen molar-refractivity contribution in [2.75, 3.05) is 5.32 Å². The number of rotatable bonds is 6. The third-order valence-corrected chi connectivity index (χ3v) is 8.05. The third-order valence-electron chi connectivity index (χ3n) is 8.05. The molecule has 4 aromatic heterocycles. The highest BCUT2D eigenvalue weighted by Crippen LogP contribution is 2.35. The van der Waals surface area contributed by atoms with Gasteiger partial charge in [0.15, 0.2) is 0 Å². The van der Waals surface area contributed by atoms with Gasteiger partial charge in [-0.25, -0.2) is 4.39 Å². The molecule has 41 heavy (non-hydrogen) atoms. The number of aromatic amines is 2. The zero-order chi connectivity index (χ0) is 27.8. The number of carbonyl (C=O) groups excluding carboxylic acids is 1. The lowest BCUT2D eigenvalue weighted by atomic mass is 9.87. The molecule has 1 fully saturated rings. The van der Waals surface area contributed by atoms with E-state index in [0.717, 1.165) is 68.3 Å². The van der Waals surface area contributed by atoms with E-state index in [1.54, 1.807) is 30.9 Å². The van der Waals surface area contributed by atoms with Gasteiger partial charge in [-0.15, -0.1) is 0 Å². The molecule has 0 bridgehead atoms. The summed E-state index contributed by atoms with van der Waals surface area (Å²) < 4.78 is 13.9. The van der Waals surface area contributed by atoms with E-state index in [4.69, 9.17) is 0 Å². The van der Waals surface area contributed by atoms with E-state index >= 15 is 0 Å². The molecule has 0 aliphatic heterocycles. The summed E-state index contributed by atoms with van der Waals surface area (Å²) in [7, 11) is 0. The largest absolute Gasteiger partial charge is 0.352 e. The molecule has 8 heteroatoms. The van der Waals surface area contributed by atoms with Crippen LogP contribution in [0, 0.1) is 11.7 Å². The molecule has 0 unspecified atom stereocenters. The predicted molar refractivity (Wildman–Crippen MR) is 160 cm³/mol. The van der Waals surface area contributed by atoms with Gasteiger partial charge < -0.3 is 10.3 Å². The van der Waals surface area contributed by atoms with Crippen LogP contribution in [0.2, 0.25) is 0 Å². The number of aromatic nitrogens is 5. The Kier molecular flexibility index (Phi) is 6.51. The molecule has 7 nitrogen and oxygen atoms in total. The summed E-state index contributed by atoms with van der Waals surface area (Å²) in [5.74, 6) is 0.241. The molecule has 3 N–H and O–H groups in total. The van der Waals surface area contributed by atoms with Crippen molar-refractivity contribution in [1.29, 1.82) is 0 Å². The van der Waals surface area contributed by atoms with Crippen LogP contribution in [0.15, 0.2) is 79.4 Å². The van der Waals surface area contributed by atoms with E-state index in [0.29, 0.717) is 18.0 Å². The number of hydrogen-bond donors (Lipinski definition) is 3. The second-order valence-corrected chi connectivity index (χ2v) is 10.9. The molecule has 0 saturated heterocycles. The summed E-state index contributed by atoms with van der Waals surface area (Å²) >= 11 is 0. The van der Waals surface area contributed by atoms with Gasteiger partial charge in [0.1, 0.15) is 11.5 Å². The summed E-state index contributed by atoms with van der Waals surface area (Å²) in [6.45, 7) is 0. The number of benzene rings is 2. The number of pyridine rings is 2. The van der Waals surface area contributed by atoms with Crippen molar-refractivity contribution in [3.05, 3.63) is 85.2 Å². The van der Waals surface area contributed by atoms with E-state index in [-0.39, 0.29) is 11.7 Å². The van der Waals surface area contributed by atoms with Crippen molar-refractivity contribution in [2.24, 2.45) is 5.92 Å². The molecule has 204 valence electrons. The number of amides is 1. The minimum atomic E-state index is -0.288. The minimum Gasteiger partial charge on any atom is -0.352 e. The molecular formula is C33H29FN6O. The molecule has 1 aliphatic carbocycles. The molecule has 1 amide bonds. The summed E-state index contributed by atoms with van der Waals surface area (Å²) in [5, 5.41) is 12.7. The van der Waals surface area contributed by atoms with Crippen LogP contribution in [0.4, 0.5) is 10.1 Å². The normalized spacial score (nSPS) is 14.1. The Morgan fingerprint density at radius 1 is 0.854 bits per heavy atom. The van der Waals surface area contributed by atoms with Crippen molar-refractivity contribution >= 4 is 33.4 Å². The van der Waals surface area contributed by atoms with Crippen LogP contribution in [0.1, 0.15) is 38.5 Å². The van der Waals surface area contributed by atoms with Gasteiger partial charge in [0.05, 0.1) is 34.8 Å². The van der Waals surface area contributed by atoms with E-state index < -0.39 is 0 Å². The maximum absolute atomic E-state index is 13.9. The highest BCUT2D eigenvalue weighted by Gasteiger charge is 2.18. The number of H-pyrrole nitrogens is 2. The number of carbonyl (C=O) groups is 1. The van der Waals surface area contributed by atoms with Crippen LogP contribution in [-0.4, -0.2) is 31.1 Å². The number of fused-ring (bicyclic) bond motifs is 2. The van der Waals surface area contributed by atoms with Crippen LogP contribution >= 0.6 is 0 Å². The highest BCUT2D eigenvalue weighted by atomic mass is 19.1. The monoisotopic (exact) mass is 544 g/mol. The number of halogens is 1. The standard InChI is InChI=1S/C33H29FN6O/c34-24-8-4-7-22(12-24)28-18-36-19-31-26(28)15-30(38-31)33-27-14-21(9-10-29(27)39-40-33)23-13-25(17-35-16-23)37-32(41)11-20-5-2-1-3-6-20/h4,7-10,12-20,38H,1-3,5-6,11H2,(H,37,41)(H,39,40). The molecule has 6 aromatic rings. The van der Waals surface area contributed by atoms with Gasteiger partial charge in [-0.3, -0.25) is 19.9 Å². The summed E-state index contributed by atoms with van der Waals surface area (Å²) in [6.07, 6.45) is 13.6. The molecule has 1 aliphatic rings. The van der Waals surface area contributed by atoms with E-state index in [9.17, 15) is 9.18 Å². The smallest absolute Gasteiger partial charge is 0.224 e. The lowest BCUT2D eigenvalue weighted by Gasteiger charge is -2.20. The van der Waals surface area contributed by atoms with E-state index in [1.165, 1.54) is 31.4 Å². The fourth-order valence-corrected chi connectivity index (χ4v) is 6.00. The van der Waals surface area contributed by atoms with E-state index in [1.807, 2.05) is 30.3 Å². The minimum absolute atomic E-state index is 0.0503. The van der Waals surface area contributed by atoms with Crippen LogP contribution in [0.3, 0.4) is 0 Å². The fraction of sp³-hybridized carbons (Fsp3) is 0.212. The van der Waals surface area contributed by atoms with E-state index in [2.05, 4.69) is 36.5 Å². The molecule has 0 spiro atoms. The second kappa shape index (κ2) is 10.6. The number of anilines is 1. The Morgan fingerprint density at radius 2 is 1.73 bits per heavy atom. The molecule has 0 atom stereocenters. The molecule has 2 aromatic carbocycles. The number of hydrogen-bond acceptors (Lipinski definition) is 4. The predicted octanol–water partition coefficient (Wildman–Crippen LogP) is 7.88. The first-order chi connectivity index (χ1) is 20.1. The fourth-order valence-electron chi connectivity index (χ4n) is 6.00. The summed E-state index contributed by atoms with van der Waals surface area (Å²) in [4.78, 5) is 24.9. The summed E-state index contributed by atoms with van der Waals surface area (Å²) in [5.41, 5.74) is 7.52. The molecule has 7 rings (SSSR count). The molecule has 0 radical (unpaired) electrons. The topological polar surface area (TPSA) is 99.3 Å². The quantitative estimate of drug-likeness (QED) is 0.199. The van der Waals surface area contributed by atoms with Gasteiger partial charge in [0, 0.05) is 40.7 Å². The van der Waals surface area contributed by atoms with Crippen molar-refractivity contribution in [3.8, 4) is 33.6 Å². The number of nitrogens with one attached hydrogen (secondary N) is 3. The number of nitrogens with zero attached hydrogens (tertiary/aromatic N) is 3. The van der Waals surface area contributed by atoms with Gasteiger partial charge in [0.25, 0.3) is 0 Å². The van der Waals surface area contributed by atoms with Crippen molar-refractivity contribution < 1.29 is 9.18 Å². The van der Waals surface area contributed by atoms with Crippen LogP contribution < -0.4 is 5.32 Å². The highest BCUT2D eigenvalue weighted by molar-refractivity contribution is 6.01. The Bertz CT molecular complexity index is 1880. The Morgan fingerprint density at radius 3 is 2.61 bits per heavy atom. The van der Waals surface area contributed by atoms with Crippen molar-refractivity contribution in [1.82, 2.24) is 25.1 Å². The maximum atomic E-state index is 13.9. The SMILES string of the molecule is O=C(CC1CCCCC1)Nc1cncc(-c2ccc3[nH]nc(-c4cc5c(-c6cccc(F)c6)cncc5[nH]4)c3c2)c1. The molecular weight excluding hydrogens is 515 g/mol. The van der Waals surface area contributed by atoms with Crippen LogP contribution in [0.5, 0.6) is 0 Å². The zero-order valence-electron chi connectivity index (χ0n) is 22.5. The first kappa shape index (κ1) is 25.1. The molecule has 1 saturated carbocycles. The van der Waals surface area contributed by atoms with Crippen LogP contribution in [-0.2, 0) is 4.79 Å². The average Bonchev–Trinajstić information content (AvgIpc) is 3.61. The van der Waals surface area contributed by atoms with Crippen molar-refractivity contribution in [2.45, 2.75) is 38.5 Å². The van der Waals surface area contributed by atoms with Gasteiger partial charge >= 0.3 is 0 Å². The van der Waals surface area contributed by atoms with Gasteiger partial charge in [-0.1, -0.05) is 37.5 Å². The maximum Gasteiger partial charge on any atom is 0.224 e. The lowest BCUT2D eigenvalue weighted by molar-refractivity contribution is -0.117. The lowest BCUT2D eigenvalue weighted by Crippen LogP contribution is -2.18. The van der Waals surface area contributed by atoms with Crippen LogP contribution in [0.25, 0.3) is 55.4 Å². The Hall–Kier alpha value is -4.85. The third kappa shape index (κ3) is 5.09. The molecule has 4 heterocycles. The Labute approximate surface area is 236 Å². The van der Waals surface area contributed by atoms with Gasteiger partial charge in [0.2, 0.25) is 5.91 Å². The zero-order valence-corrected chi connectivity index (χ0v) is 22.5. The first-order valence-corrected chi connectivity index (χ1v) is 14.1. The Balaban J connectivity index is 1.19. The summed E-state index contributed by atoms with van der Waals surface area (Å²) in [6, 6.07) is 16.6. The van der Waals surface area contributed by atoms with Gasteiger partial charge in [-0.2, -0.15) is 5.10 Å². The van der Waals surface area contributed by atoms with Gasteiger partial charge in [-0.05, 0) is 66.3 Å². The first-order valence-electron chi connectivity index (χ1n) is 14.1.